The number of aliphatic carboxylic acids is 1. The van der Waals surface area contributed by atoms with Gasteiger partial charge in [-0.3, -0.25) is 14.5 Å². The van der Waals surface area contributed by atoms with Crippen molar-refractivity contribution in [3.05, 3.63) is 0 Å². The van der Waals surface area contributed by atoms with Gasteiger partial charge in [-0.15, -0.1) is 0 Å². The molecule has 1 heterocycles. The normalized spacial score (nSPS) is 17.2. The summed E-state index contributed by atoms with van der Waals surface area (Å²) in [6.45, 7) is 10.5. The highest BCUT2D eigenvalue weighted by Gasteiger charge is 2.21. The fourth-order valence-corrected chi connectivity index (χ4v) is 2.18. The van der Waals surface area contributed by atoms with Gasteiger partial charge in [-0.25, -0.2) is 0 Å². The van der Waals surface area contributed by atoms with E-state index in [0.29, 0.717) is 32.6 Å². The monoisotopic (exact) mass is 285 g/mol. The summed E-state index contributed by atoms with van der Waals surface area (Å²) in [5.74, 6) is -0.587. The summed E-state index contributed by atoms with van der Waals surface area (Å²) in [7, 11) is 0. The highest BCUT2D eigenvalue weighted by molar-refractivity contribution is 5.76. The van der Waals surface area contributed by atoms with Crippen LogP contribution in [0.4, 0.5) is 0 Å². The molecule has 0 unspecified atom stereocenters. The van der Waals surface area contributed by atoms with Gasteiger partial charge >= 0.3 is 5.97 Å². The Bertz CT molecular complexity index is 331. The number of rotatable bonds is 6. The lowest BCUT2D eigenvalue weighted by molar-refractivity contribution is -0.138. The quantitative estimate of drug-likeness (QED) is 0.738. The van der Waals surface area contributed by atoms with Crippen LogP contribution in [-0.4, -0.2) is 71.6 Å². The molecule has 1 aliphatic rings. The van der Waals surface area contributed by atoms with E-state index in [9.17, 15) is 9.59 Å². The summed E-state index contributed by atoms with van der Waals surface area (Å²) in [5, 5.41) is 12.0. The van der Waals surface area contributed by atoms with Crippen molar-refractivity contribution in [3.8, 4) is 0 Å². The van der Waals surface area contributed by atoms with E-state index in [1.54, 1.807) is 0 Å². The van der Waals surface area contributed by atoms with Crippen molar-refractivity contribution in [2.45, 2.75) is 39.2 Å². The Balaban J connectivity index is 2.20. The van der Waals surface area contributed by atoms with E-state index in [1.165, 1.54) is 0 Å². The van der Waals surface area contributed by atoms with E-state index in [-0.39, 0.29) is 17.9 Å². The van der Waals surface area contributed by atoms with Crippen molar-refractivity contribution in [1.29, 1.82) is 0 Å². The van der Waals surface area contributed by atoms with Crippen LogP contribution in [0, 0.1) is 0 Å². The minimum atomic E-state index is -0.767. The molecule has 0 radical (unpaired) electrons. The number of hydrogen-bond donors (Lipinski definition) is 2. The number of amides is 1. The van der Waals surface area contributed by atoms with E-state index >= 15 is 0 Å². The van der Waals surface area contributed by atoms with Crippen molar-refractivity contribution < 1.29 is 14.7 Å². The summed E-state index contributed by atoms with van der Waals surface area (Å²) in [5.41, 5.74) is 0.0375. The third kappa shape index (κ3) is 6.86. The number of nitrogens with zero attached hydrogens (tertiary/aromatic N) is 2. The predicted octanol–water partition coefficient (Wildman–Crippen LogP) is 0.384. The van der Waals surface area contributed by atoms with Crippen LogP contribution >= 0.6 is 0 Å². The van der Waals surface area contributed by atoms with Crippen molar-refractivity contribution in [1.82, 2.24) is 15.1 Å². The molecule has 1 aliphatic heterocycles. The highest BCUT2D eigenvalue weighted by atomic mass is 16.4. The number of hydrogen-bond acceptors (Lipinski definition) is 4. The minimum absolute atomic E-state index is 0.0375. The van der Waals surface area contributed by atoms with E-state index in [4.69, 9.17) is 5.11 Å². The largest absolute Gasteiger partial charge is 0.481 e. The molecule has 2 N–H and O–H groups in total. The molecule has 1 fully saturated rings. The molecule has 0 spiro atoms. The molecular weight excluding hydrogens is 258 g/mol. The summed E-state index contributed by atoms with van der Waals surface area (Å²) < 4.78 is 0. The van der Waals surface area contributed by atoms with Crippen molar-refractivity contribution in [2.24, 2.45) is 0 Å². The average Bonchev–Trinajstić information content (AvgIpc) is 2.35. The molecule has 0 aliphatic carbocycles. The first-order valence-electron chi connectivity index (χ1n) is 7.25. The Hall–Kier alpha value is -1.14. The maximum atomic E-state index is 12.0. The first kappa shape index (κ1) is 16.9. The number of piperazine rings is 1. The van der Waals surface area contributed by atoms with Crippen molar-refractivity contribution in [2.75, 3.05) is 39.3 Å². The average molecular weight is 285 g/mol. The van der Waals surface area contributed by atoms with Crippen LogP contribution in [0.25, 0.3) is 0 Å². The standard InChI is InChI=1S/C14H27N3O3/c1-14(2,3)15-6-4-12(18)17-10-8-16(9-11-17)7-5-13(19)20/h15H,4-11H2,1-3H3,(H,19,20). The first-order valence-corrected chi connectivity index (χ1v) is 7.25. The molecule has 1 saturated heterocycles. The second kappa shape index (κ2) is 7.59. The summed E-state index contributed by atoms with van der Waals surface area (Å²) >= 11 is 0. The molecule has 6 heteroatoms. The Morgan fingerprint density at radius 3 is 2.20 bits per heavy atom. The van der Waals surface area contributed by atoms with Gasteiger partial charge in [0.05, 0.1) is 6.42 Å². The van der Waals surface area contributed by atoms with Crippen LogP contribution in [0.1, 0.15) is 33.6 Å². The first-order chi connectivity index (χ1) is 9.28. The van der Waals surface area contributed by atoms with Gasteiger partial charge in [0, 0.05) is 51.2 Å². The van der Waals surface area contributed by atoms with Gasteiger partial charge in [-0.1, -0.05) is 0 Å². The van der Waals surface area contributed by atoms with Crippen LogP contribution in [0.5, 0.6) is 0 Å². The SMILES string of the molecule is CC(C)(C)NCCC(=O)N1CCN(CCC(=O)O)CC1. The molecule has 0 bridgehead atoms. The molecule has 6 nitrogen and oxygen atoms in total. The third-order valence-electron chi connectivity index (χ3n) is 3.36. The molecule has 116 valence electrons. The second-order valence-electron chi connectivity index (χ2n) is 6.29. The third-order valence-corrected chi connectivity index (χ3v) is 3.36. The van der Waals surface area contributed by atoms with Gasteiger partial charge in [-0.05, 0) is 20.8 Å². The number of carboxylic acid groups (broad SMARTS) is 1. The lowest BCUT2D eigenvalue weighted by Crippen LogP contribution is -2.49. The van der Waals surface area contributed by atoms with E-state index in [1.807, 2.05) is 4.90 Å². The molecule has 0 aromatic heterocycles. The van der Waals surface area contributed by atoms with Crippen LogP contribution in [0.15, 0.2) is 0 Å². The maximum Gasteiger partial charge on any atom is 0.304 e. The molecule has 0 saturated carbocycles. The topological polar surface area (TPSA) is 72.9 Å². The zero-order valence-electron chi connectivity index (χ0n) is 12.8. The number of nitrogens with one attached hydrogen (secondary N) is 1. The second-order valence-corrected chi connectivity index (χ2v) is 6.29. The van der Waals surface area contributed by atoms with E-state index < -0.39 is 5.97 Å². The van der Waals surface area contributed by atoms with E-state index in [0.717, 1.165) is 13.1 Å². The molecule has 1 rings (SSSR count). The van der Waals surface area contributed by atoms with Crippen molar-refractivity contribution in [3.63, 3.8) is 0 Å². The predicted molar refractivity (Wildman–Crippen MR) is 77.6 cm³/mol. The smallest absolute Gasteiger partial charge is 0.304 e. The number of carbonyl (C=O) groups excluding carboxylic acids is 1. The van der Waals surface area contributed by atoms with Gasteiger partial charge in [0.25, 0.3) is 0 Å². The fourth-order valence-electron chi connectivity index (χ4n) is 2.18. The molecule has 0 aromatic carbocycles. The van der Waals surface area contributed by atoms with Crippen LogP contribution in [0.2, 0.25) is 0 Å². The van der Waals surface area contributed by atoms with Crippen LogP contribution < -0.4 is 5.32 Å². The van der Waals surface area contributed by atoms with Crippen LogP contribution in [-0.2, 0) is 9.59 Å². The molecule has 0 atom stereocenters. The Morgan fingerprint density at radius 2 is 1.70 bits per heavy atom. The van der Waals surface area contributed by atoms with Gasteiger partial charge in [-0.2, -0.15) is 0 Å². The number of carbonyl (C=O) groups is 2. The van der Waals surface area contributed by atoms with Gasteiger partial charge in [0.2, 0.25) is 5.91 Å². The molecular formula is C14H27N3O3. The zero-order valence-corrected chi connectivity index (χ0v) is 12.8. The Labute approximate surface area is 121 Å². The van der Waals surface area contributed by atoms with Crippen LogP contribution in [0.3, 0.4) is 0 Å². The summed E-state index contributed by atoms with van der Waals surface area (Å²) in [4.78, 5) is 26.5. The molecule has 20 heavy (non-hydrogen) atoms. The summed E-state index contributed by atoms with van der Waals surface area (Å²) in [6.07, 6.45) is 0.690. The minimum Gasteiger partial charge on any atom is -0.481 e. The van der Waals surface area contributed by atoms with Gasteiger partial charge in [0.15, 0.2) is 0 Å². The molecule has 1 amide bonds. The van der Waals surface area contributed by atoms with Gasteiger partial charge < -0.3 is 15.3 Å². The maximum absolute atomic E-state index is 12.0. The Kier molecular flexibility index (Phi) is 6.42. The lowest BCUT2D eigenvalue weighted by Gasteiger charge is -2.34. The van der Waals surface area contributed by atoms with Gasteiger partial charge in [0.1, 0.15) is 0 Å². The van der Waals surface area contributed by atoms with Crippen molar-refractivity contribution >= 4 is 11.9 Å². The van der Waals surface area contributed by atoms with E-state index in [2.05, 4.69) is 31.0 Å². The highest BCUT2D eigenvalue weighted by Crippen LogP contribution is 2.05. The Morgan fingerprint density at radius 1 is 1.10 bits per heavy atom. The molecule has 0 aromatic rings. The lowest BCUT2D eigenvalue weighted by atomic mass is 10.1. The fraction of sp³-hybridized carbons (Fsp3) is 0.857. The zero-order chi connectivity index (χ0) is 15.2. The number of carboxylic acids is 1. The summed E-state index contributed by atoms with van der Waals surface area (Å²) in [6, 6.07) is 0.